The van der Waals surface area contributed by atoms with Crippen LogP contribution in [0.15, 0.2) is 47.4 Å². The lowest BCUT2D eigenvalue weighted by Crippen LogP contribution is -2.24. The summed E-state index contributed by atoms with van der Waals surface area (Å²) in [7, 11) is -3.70. The van der Waals surface area contributed by atoms with Gasteiger partial charge in [0.2, 0.25) is 15.9 Å². The van der Waals surface area contributed by atoms with Gasteiger partial charge >= 0.3 is 0 Å². The van der Waals surface area contributed by atoms with E-state index in [1.807, 2.05) is 0 Å². The smallest absolute Gasteiger partial charge is 0.248 e. The van der Waals surface area contributed by atoms with Crippen molar-refractivity contribution < 1.29 is 22.7 Å². The predicted octanol–water partition coefficient (Wildman–Crippen LogP) is 1.04. The van der Waals surface area contributed by atoms with Gasteiger partial charge in [0.25, 0.3) is 0 Å². The van der Waals surface area contributed by atoms with Gasteiger partial charge in [0, 0.05) is 18.2 Å². The number of nitrogens with one attached hydrogen (secondary N) is 1. The molecule has 1 aliphatic rings. The van der Waals surface area contributed by atoms with Gasteiger partial charge in [-0.1, -0.05) is 12.1 Å². The monoisotopic (exact) mass is 348 g/mol. The highest BCUT2D eigenvalue weighted by Gasteiger charge is 2.19. The molecule has 0 atom stereocenters. The number of rotatable bonds is 5. The summed E-state index contributed by atoms with van der Waals surface area (Å²) < 4.78 is 38.0. The molecule has 7 nitrogen and oxygen atoms in total. The first kappa shape index (κ1) is 16.3. The third-order valence-electron chi connectivity index (χ3n) is 3.53. The van der Waals surface area contributed by atoms with Crippen LogP contribution in [0.25, 0.3) is 0 Å². The highest BCUT2D eigenvalue weighted by Crippen LogP contribution is 2.32. The van der Waals surface area contributed by atoms with Crippen LogP contribution >= 0.6 is 0 Å². The molecule has 0 fully saturated rings. The minimum absolute atomic E-state index is 0.0931. The van der Waals surface area contributed by atoms with E-state index in [9.17, 15) is 13.2 Å². The van der Waals surface area contributed by atoms with E-state index in [2.05, 4.69) is 4.72 Å². The van der Waals surface area contributed by atoms with E-state index in [1.165, 1.54) is 12.1 Å². The summed E-state index contributed by atoms with van der Waals surface area (Å²) in [6.45, 7) is 0.921. The number of nitrogens with two attached hydrogens (primary N) is 1. The first-order chi connectivity index (χ1) is 11.5. The zero-order valence-electron chi connectivity index (χ0n) is 12.7. The quantitative estimate of drug-likeness (QED) is 0.839. The maximum Gasteiger partial charge on any atom is 0.248 e. The van der Waals surface area contributed by atoms with E-state index in [0.717, 1.165) is 0 Å². The molecule has 3 rings (SSSR count). The van der Waals surface area contributed by atoms with Gasteiger partial charge in [0.05, 0.1) is 4.90 Å². The fraction of sp³-hybridized carbons (Fsp3) is 0.188. The van der Waals surface area contributed by atoms with E-state index in [4.69, 9.17) is 15.2 Å². The van der Waals surface area contributed by atoms with Crippen LogP contribution in [0.1, 0.15) is 15.9 Å². The van der Waals surface area contributed by atoms with Crippen LogP contribution in [-0.2, 0) is 16.6 Å². The summed E-state index contributed by atoms with van der Waals surface area (Å²) in [5, 5.41) is 0. The highest BCUT2D eigenvalue weighted by atomic mass is 32.2. The van der Waals surface area contributed by atoms with Gasteiger partial charge in [-0.2, -0.15) is 0 Å². The van der Waals surface area contributed by atoms with Crippen LogP contribution in [0.2, 0.25) is 0 Å². The second-order valence-electron chi connectivity index (χ2n) is 5.19. The Morgan fingerprint density at radius 3 is 2.38 bits per heavy atom. The van der Waals surface area contributed by atoms with Crippen molar-refractivity contribution in [1.82, 2.24) is 4.72 Å². The lowest BCUT2D eigenvalue weighted by Gasteiger charge is -2.19. The van der Waals surface area contributed by atoms with Crippen molar-refractivity contribution in [3.05, 3.63) is 53.6 Å². The molecule has 0 unspecified atom stereocenters. The number of primary amides is 1. The molecule has 0 aliphatic carbocycles. The van der Waals surface area contributed by atoms with Crippen molar-refractivity contribution in [3.8, 4) is 11.5 Å². The first-order valence-electron chi connectivity index (χ1n) is 7.24. The number of carbonyl (C=O) groups is 1. The fourth-order valence-corrected chi connectivity index (χ4v) is 3.27. The number of sulfonamides is 1. The van der Waals surface area contributed by atoms with Crippen molar-refractivity contribution in [2.45, 2.75) is 11.4 Å². The summed E-state index contributed by atoms with van der Waals surface area (Å²) in [5.74, 6) is 0.413. The summed E-state index contributed by atoms with van der Waals surface area (Å²) in [5.41, 5.74) is 6.24. The third-order valence-corrected chi connectivity index (χ3v) is 4.93. The summed E-state index contributed by atoms with van der Waals surface area (Å²) in [4.78, 5) is 11.1. The summed E-state index contributed by atoms with van der Waals surface area (Å²) >= 11 is 0. The standard InChI is InChI=1S/C16H16N2O5S/c17-16(19)12-3-1-11(2-4-12)10-18-24(20,21)13-5-6-14-15(9-13)23-8-7-22-14/h1-6,9,18H,7-8,10H2,(H2,17,19). The Kier molecular flexibility index (Phi) is 4.41. The Balaban J connectivity index is 1.73. The third kappa shape index (κ3) is 3.50. The average Bonchev–Trinajstić information content (AvgIpc) is 2.60. The lowest BCUT2D eigenvalue weighted by atomic mass is 10.1. The zero-order valence-corrected chi connectivity index (χ0v) is 13.5. The number of ether oxygens (including phenoxy) is 2. The molecule has 126 valence electrons. The topological polar surface area (TPSA) is 108 Å². The van der Waals surface area contributed by atoms with Crippen LogP contribution < -0.4 is 19.9 Å². The van der Waals surface area contributed by atoms with Crippen LogP contribution in [-0.4, -0.2) is 27.5 Å². The minimum atomic E-state index is -3.70. The van der Waals surface area contributed by atoms with Gasteiger partial charge in [0.1, 0.15) is 13.2 Å². The molecule has 1 heterocycles. The first-order valence-corrected chi connectivity index (χ1v) is 8.72. The highest BCUT2D eigenvalue weighted by molar-refractivity contribution is 7.89. The van der Waals surface area contributed by atoms with E-state index in [-0.39, 0.29) is 11.4 Å². The lowest BCUT2D eigenvalue weighted by molar-refractivity contribution is 0.1000. The van der Waals surface area contributed by atoms with Crippen molar-refractivity contribution in [3.63, 3.8) is 0 Å². The van der Waals surface area contributed by atoms with Crippen molar-refractivity contribution in [2.75, 3.05) is 13.2 Å². The SMILES string of the molecule is NC(=O)c1ccc(CNS(=O)(=O)c2ccc3c(c2)OCCO3)cc1. The molecule has 24 heavy (non-hydrogen) atoms. The number of carbonyl (C=O) groups excluding carboxylic acids is 1. The van der Waals surface area contributed by atoms with Gasteiger partial charge < -0.3 is 15.2 Å². The molecular formula is C16H16N2O5S. The molecule has 0 radical (unpaired) electrons. The summed E-state index contributed by atoms with van der Waals surface area (Å²) in [6, 6.07) is 10.9. The van der Waals surface area contributed by atoms with Crippen LogP contribution in [0, 0.1) is 0 Å². The second kappa shape index (κ2) is 6.50. The van der Waals surface area contributed by atoms with E-state index in [1.54, 1.807) is 30.3 Å². The summed E-state index contributed by atoms with van der Waals surface area (Å²) in [6.07, 6.45) is 0. The van der Waals surface area contributed by atoms with Gasteiger partial charge in [0.15, 0.2) is 11.5 Å². The van der Waals surface area contributed by atoms with Gasteiger partial charge in [-0.25, -0.2) is 13.1 Å². The number of hydrogen-bond donors (Lipinski definition) is 2. The maximum atomic E-state index is 12.4. The average molecular weight is 348 g/mol. The number of amides is 1. The molecule has 8 heteroatoms. The number of benzene rings is 2. The van der Waals surface area contributed by atoms with E-state index in [0.29, 0.717) is 35.8 Å². The molecule has 0 aromatic heterocycles. The molecule has 3 N–H and O–H groups in total. The van der Waals surface area contributed by atoms with E-state index >= 15 is 0 Å². The Bertz CT molecular complexity index is 863. The Morgan fingerprint density at radius 2 is 1.71 bits per heavy atom. The molecular weight excluding hydrogens is 332 g/mol. The largest absolute Gasteiger partial charge is 0.486 e. The van der Waals surface area contributed by atoms with Crippen molar-refractivity contribution in [1.29, 1.82) is 0 Å². The molecule has 0 spiro atoms. The van der Waals surface area contributed by atoms with Crippen LogP contribution in [0.4, 0.5) is 0 Å². The molecule has 1 aliphatic heterocycles. The fourth-order valence-electron chi connectivity index (χ4n) is 2.24. The zero-order chi connectivity index (χ0) is 17.2. The van der Waals surface area contributed by atoms with Gasteiger partial charge in [-0.05, 0) is 29.8 Å². The molecule has 0 saturated heterocycles. The number of fused-ring (bicyclic) bond motifs is 1. The Morgan fingerprint density at radius 1 is 1.04 bits per heavy atom. The van der Waals surface area contributed by atoms with Crippen molar-refractivity contribution >= 4 is 15.9 Å². The van der Waals surface area contributed by atoms with Crippen molar-refractivity contribution in [2.24, 2.45) is 5.73 Å². The van der Waals surface area contributed by atoms with Gasteiger partial charge in [-0.3, -0.25) is 4.79 Å². The van der Waals surface area contributed by atoms with Crippen LogP contribution in [0.3, 0.4) is 0 Å². The normalized spacial score (nSPS) is 13.5. The maximum absolute atomic E-state index is 12.4. The molecule has 2 aromatic carbocycles. The van der Waals surface area contributed by atoms with E-state index < -0.39 is 15.9 Å². The second-order valence-corrected chi connectivity index (χ2v) is 6.96. The predicted molar refractivity (Wildman–Crippen MR) is 86.4 cm³/mol. The molecule has 0 saturated carbocycles. The van der Waals surface area contributed by atoms with Crippen LogP contribution in [0.5, 0.6) is 11.5 Å². The molecule has 1 amide bonds. The minimum Gasteiger partial charge on any atom is -0.486 e. The number of hydrogen-bond acceptors (Lipinski definition) is 5. The molecule has 0 bridgehead atoms. The Hall–Kier alpha value is -2.58. The Labute approximate surface area is 139 Å². The van der Waals surface area contributed by atoms with Gasteiger partial charge in [-0.15, -0.1) is 0 Å². The molecule has 2 aromatic rings.